The summed E-state index contributed by atoms with van der Waals surface area (Å²) in [5.41, 5.74) is 0.378. The van der Waals surface area contributed by atoms with Crippen molar-refractivity contribution in [1.29, 1.82) is 0 Å². The van der Waals surface area contributed by atoms with Gasteiger partial charge in [0.15, 0.2) is 61.3 Å². The molecule has 4 aliphatic heterocycles. The SMILES string of the molecule is CC(=O)OC1[C@H](O[C@H]2C3OC(C)(C)O[C@H]3O[C@@H]2C(CO[C@@H]2OC(COC(=O)c3ccccc3)[C@@H](OC(=O)c3ccccc3)[C@H](OC(=O)c3ccccc3)C2OC(=O)c2ccccc2)OC(C)=O)OC(COC(=O)c2ccccc2)[C@@H](OC(C)=O)[C@@H]1O. The molecule has 0 bridgehead atoms. The lowest BCUT2D eigenvalue weighted by molar-refractivity contribution is -0.330. The van der Waals surface area contributed by atoms with E-state index < -0.39 is 165 Å². The molecule has 15 atom stereocenters. The van der Waals surface area contributed by atoms with Gasteiger partial charge in [-0.15, -0.1) is 0 Å². The van der Waals surface area contributed by atoms with Crippen molar-refractivity contribution in [2.75, 3.05) is 19.8 Å². The van der Waals surface area contributed by atoms with Crippen molar-refractivity contribution in [1.82, 2.24) is 0 Å². The third-order valence-corrected chi connectivity index (χ3v) is 13.8. The lowest BCUT2D eigenvalue weighted by atomic mass is 9.97. The number of benzene rings is 5. The second kappa shape index (κ2) is 28.2. The van der Waals surface area contributed by atoms with Crippen LogP contribution in [0.15, 0.2) is 152 Å². The van der Waals surface area contributed by atoms with E-state index in [1.165, 1.54) is 60.7 Å². The highest BCUT2D eigenvalue weighted by atomic mass is 16.9. The van der Waals surface area contributed by atoms with Crippen molar-refractivity contribution in [3.8, 4) is 0 Å². The van der Waals surface area contributed by atoms with E-state index in [-0.39, 0.29) is 27.8 Å². The van der Waals surface area contributed by atoms with Crippen molar-refractivity contribution in [3.63, 3.8) is 0 Å². The van der Waals surface area contributed by atoms with Crippen LogP contribution >= 0.6 is 0 Å². The standard InChI is InChI=1S/C62H62O24/c1-34(63)75-43(48-51(53-61(83-48)86-62(4,5)85-53)84-60-49(77-36(3)65)45(66)46(76-35(2)64)42(79-60)31-72-54(67)37-21-11-6-12-22-37)33-74-59-52(82-58(71)41-29-19-10-20-30-41)50(81-57(70)40-27-17-9-18-28-40)47(80-56(69)39-25-15-8-16-26-39)44(78-59)32-73-55(68)38-23-13-7-14-24-38/h6-30,42-53,59-61,66H,31-33H2,1-5H3/t42?,43?,44?,45-,46+,47+,48+,49?,50-,51+,52?,53?,59+,60-,61+/m0/s1. The normalized spacial score (nSPS) is 27.6. The van der Waals surface area contributed by atoms with Gasteiger partial charge in [0.2, 0.25) is 0 Å². The number of hydrogen-bond donors (Lipinski definition) is 1. The van der Waals surface area contributed by atoms with Gasteiger partial charge >= 0.3 is 47.8 Å². The number of hydrogen-bond acceptors (Lipinski definition) is 24. The Bertz CT molecular complexity index is 3150. The van der Waals surface area contributed by atoms with E-state index in [9.17, 15) is 43.5 Å². The summed E-state index contributed by atoms with van der Waals surface area (Å²) in [6.45, 7) is 4.20. The Morgan fingerprint density at radius 2 is 0.860 bits per heavy atom. The number of carbonyl (C=O) groups excluding carboxylic acids is 8. The third kappa shape index (κ3) is 15.5. The van der Waals surface area contributed by atoms with Gasteiger partial charge in [-0.1, -0.05) is 91.0 Å². The molecular weight excluding hydrogens is 1130 g/mol. The van der Waals surface area contributed by atoms with Crippen LogP contribution in [0.25, 0.3) is 0 Å². The molecule has 0 radical (unpaired) electrons. The van der Waals surface area contributed by atoms with Gasteiger partial charge in [-0.2, -0.15) is 0 Å². The molecule has 4 fully saturated rings. The number of carbonyl (C=O) groups is 8. The minimum Gasteiger partial charge on any atom is -0.459 e. The molecule has 24 heteroatoms. The molecule has 5 aromatic carbocycles. The highest BCUT2D eigenvalue weighted by molar-refractivity contribution is 5.92. The number of ether oxygens (including phenoxy) is 15. The van der Waals surface area contributed by atoms with E-state index in [4.69, 9.17) is 71.1 Å². The number of aliphatic hydroxyl groups is 1. The van der Waals surface area contributed by atoms with Gasteiger partial charge in [-0.05, 0) is 74.5 Å². The van der Waals surface area contributed by atoms with Crippen molar-refractivity contribution in [2.45, 2.75) is 133 Å². The number of fused-ring (bicyclic) bond motifs is 1. The molecular formula is C62H62O24. The first-order valence-corrected chi connectivity index (χ1v) is 27.3. The summed E-state index contributed by atoms with van der Waals surface area (Å²) in [7, 11) is 0. The van der Waals surface area contributed by atoms with Crippen molar-refractivity contribution < 1.29 is 115 Å². The fourth-order valence-corrected chi connectivity index (χ4v) is 9.98. The van der Waals surface area contributed by atoms with Crippen molar-refractivity contribution in [2.24, 2.45) is 0 Å². The number of rotatable bonds is 21. The summed E-state index contributed by atoms with van der Waals surface area (Å²) in [5.74, 6) is -8.62. The first-order valence-electron chi connectivity index (χ1n) is 27.3. The second-order valence-corrected chi connectivity index (χ2v) is 20.5. The van der Waals surface area contributed by atoms with E-state index in [0.717, 1.165) is 20.8 Å². The van der Waals surface area contributed by atoms with Gasteiger partial charge < -0.3 is 76.2 Å². The summed E-state index contributed by atoms with van der Waals surface area (Å²) in [6.07, 6.45) is -24.8. The van der Waals surface area contributed by atoms with E-state index in [2.05, 4.69) is 0 Å². The molecule has 0 amide bonds. The molecule has 6 unspecified atom stereocenters. The summed E-state index contributed by atoms with van der Waals surface area (Å²) >= 11 is 0. The molecule has 4 heterocycles. The molecule has 0 aliphatic carbocycles. The monoisotopic (exact) mass is 1190 g/mol. The molecule has 9 rings (SSSR count). The van der Waals surface area contributed by atoms with Gasteiger partial charge in [0.1, 0.15) is 49.8 Å². The van der Waals surface area contributed by atoms with E-state index in [0.29, 0.717) is 0 Å². The van der Waals surface area contributed by atoms with E-state index in [1.807, 2.05) is 0 Å². The Balaban J connectivity index is 1.08. The molecule has 0 saturated carbocycles. The fourth-order valence-electron chi connectivity index (χ4n) is 9.98. The summed E-state index contributed by atoms with van der Waals surface area (Å²) in [4.78, 5) is 108. The first kappa shape index (κ1) is 62.1. The summed E-state index contributed by atoms with van der Waals surface area (Å²) < 4.78 is 91.8. The highest BCUT2D eigenvalue weighted by Crippen LogP contribution is 2.43. The smallest absolute Gasteiger partial charge is 0.338 e. The molecule has 86 heavy (non-hydrogen) atoms. The van der Waals surface area contributed by atoms with Crippen LogP contribution in [0.3, 0.4) is 0 Å². The molecule has 4 aliphatic rings. The van der Waals surface area contributed by atoms with Crippen LogP contribution in [-0.2, 0) is 85.4 Å². The third-order valence-electron chi connectivity index (χ3n) is 13.8. The first-order chi connectivity index (χ1) is 41.3. The Hall–Kier alpha value is -8.46. The maximum absolute atomic E-state index is 14.3. The van der Waals surface area contributed by atoms with Gasteiger partial charge in [0, 0.05) is 20.8 Å². The predicted molar refractivity (Wildman–Crippen MR) is 290 cm³/mol. The second-order valence-electron chi connectivity index (χ2n) is 20.5. The molecule has 0 spiro atoms. The number of esters is 8. The number of aliphatic hydroxyl groups excluding tert-OH is 1. The zero-order valence-electron chi connectivity index (χ0n) is 47.1. The maximum Gasteiger partial charge on any atom is 0.338 e. The molecule has 0 aromatic heterocycles. The molecule has 454 valence electrons. The molecule has 1 N–H and O–H groups in total. The zero-order valence-corrected chi connectivity index (χ0v) is 47.1. The Morgan fingerprint density at radius 1 is 0.453 bits per heavy atom. The van der Waals surface area contributed by atoms with Crippen LogP contribution in [0.2, 0.25) is 0 Å². The summed E-state index contributed by atoms with van der Waals surface area (Å²) in [6, 6.07) is 38.9. The van der Waals surface area contributed by atoms with E-state index in [1.54, 1.807) is 105 Å². The fraction of sp³-hybridized carbons (Fsp3) is 0.387. The van der Waals surface area contributed by atoms with Crippen LogP contribution in [0, 0.1) is 0 Å². The largest absolute Gasteiger partial charge is 0.459 e. The predicted octanol–water partition coefficient (Wildman–Crippen LogP) is 5.26. The zero-order chi connectivity index (χ0) is 61.1. The van der Waals surface area contributed by atoms with Gasteiger partial charge in [0.25, 0.3) is 0 Å². The minimum absolute atomic E-state index is 0.0145. The van der Waals surface area contributed by atoms with Crippen LogP contribution in [0.5, 0.6) is 0 Å². The van der Waals surface area contributed by atoms with Crippen LogP contribution in [0.4, 0.5) is 0 Å². The lowest BCUT2D eigenvalue weighted by Crippen LogP contribution is -2.64. The molecule has 4 saturated heterocycles. The minimum atomic E-state index is -1.91. The topological polar surface area (TPSA) is 295 Å². The quantitative estimate of drug-likeness (QED) is 0.0723. The average Bonchev–Trinajstić information content (AvgIpc) is 1.80. The maximum atomic E-state index is 14.3. The Kier molecular flexibility index (Phi) is 20.3. The van der Waals surface area contributed by atoms with Crippen molar-refractivity contribution in [3.05, 3.63) is 179 Å². The van der Waals surface area contributed by atoms with E-state index >= 15 is 0 Å². The van der Waals surface area contributed by atoms with Crippen LogP contribution in [-0.4, -0.2) is 171 Å². The Morgan fingerprint density at radius 3 is 1.31 bits per heavy atom. The molecule has 24 nitrogen and oxygen atoms in total. The van der Waals surface area contributed by atoms with Crippen molar-refractivity contribution >= 4 is 47.8 Å². The Labute approximate surface area is 492 Å². The summed E-state index contributed by atoms with van der Waals surface area (Å²) in [5, 5.41) is 11.9. The lowest BCUT2D eigenvalue weighted by Gasteiger charge is -2.45. The molecule has 5 aromatic rings. The highest BCUT2D eigenvalue weighted by Gasteiger charge is 2.61. The van der Waals surface area contributed by atoms with Gasteiger partial charge in [0.05, 0.1) is 34.4 Å². The van der Waals surface area contributed by atoms with Gasteiger partial charge in [-0.25, -0.2) is 24.0 Å². The average molecular weight is 1190 g/mol. The van der Waals surface area contributed by atoms with Crippen LogP contribution in [0.1, 0.15) is 86.4 Å². The van der Waals surface area contributed by atoms with Crippen LogP contribution < -0.4 is 0 Å². The van der Waals surface area contributed by atoms with Gasteiger partial charge in [-0.3, -0.25) is 14.4 Å².